The molecule has 0 unspecified atom stereocenters. The van der Waals surface area contributed by atoms with Crippen LogP contribution in [0.2, 0.25) is 0 Å². The second-order valence-corrected chi connectivity index (χ2v) is 6.14. The fourth-order valence-corrected chi connectivity index (χ4v) is 2.91. The molecule has 0 spiro atoms. The fourth-order valence-electron chi connectivity index (χ4n) is 2.91. The summed E-state index contributed by atoms with van der Waals surface area (Å²) in [4.78, 5) is 13.2. The Balaban J connectivity index is 1.93. The van der Waals surface area contributed by atoms with E-state index >= 15 is 0 Å². The average molecular weight is 375 g/mol. The molecular weight excluding hydrogens is 361 g/mol. The summed E-state index contributed by atoms with van der Waals surface area (Å²) in [6.45, 7) is 0. The summed E-state index contributed by atoms with van der Waals surface area (Å²) in [6.07, 6.45) is 0. The van der Waals surface area contributed by atoms with Gasteiger partial charge in [0.2, 0.25) is 5.78 Å². The third-order valence-corrected chi connectivity index (χ3v) is 4.31. The second kappa shape index (κ2) is 7.00. The predicted octanol–water partition coefficient (Wildman–Crippen LogP) is 4.79. The van der Waals surface area contributed by atoms with Crippen molar-refractivity contribution >= 4 is 5.78 Å². The predicted molar refractivity (Wildman–Crippen MR) is 101 cm³/mol. The van der Waals surface area contributed by atoms with Crippen LogP contribution < -0.4 is 0 Å². The van der Waals surface area contributed by atoms with Gasteiger partial charge in [0.25, 0.3) is 0 Å². The van der Waals surface area contributed by atoms with Crippen molar-refractivity contribution in [2.45, 2.75) is 0 Å². The molecule has 6 heteroatoms. The maximum atomic E-state index is 14.3. The van der Waals surface area contributed by atoms with Crippen LogP contribution in [0.1, 0.15) is 15.9 Å². The van der Waals surface area contributed by atoms with Crippen LogP contribution in [0.25, 0.3) is 22.6 Å². The number of ketones is 1. The van der Waals surface area contributed by atoms with Gasteiger partial charge in [-0.3, -0.25) is 4.79 Å². The minimum Gasteiger partial charge on any atom is -0.508 e. The smallest absolute Gasteiger partial charge is 0.202 e. The van der Waals surface area contributed by atoms with Gasteiger partial charge in [-0.2, -0.15) is 0 Å². The highest BCUT2D eigenvalue weighted by Crippen LogP contribution is 2.35. The number of aromatic hydroxyl groups is 2. The van der Waals surface area contributed by atoms with E-state index in [4.69, 9.17) is 4.52 Å². The van der Waals surface area contributed by atoms with Crippen LogP contribution in [0.3, 0.4) is 0 Å². The second-order valence-electron chi connectivity index (χ2n) is 6.14. The molecule has 5 nitrogen and oxygen atoms in total. The Kier molecular flexibility index (Phi) is 4.37. The standard InChI is InChI=1S/C22H14FNO4/c23-18-4-2-1-3-17(18)21(27)19-20(13-5-9-15(25)10-6-13)24-28-22(19)14-7-11-16(26)12-8-14/h1-12,25-26H. The Morgan fingerprint density at radius 3 is 2.00 bits per heavy atom. The average Bonchev–Trinajstić information content (AvgIpc) is 3.14. The molecule has 0 radical (unpaired) electrons. The van der Waals surface area contributed by atoms with Crippen LogP contribution in [0.4, 0.5) is 4.39 Å². The molecule has 4 aromatic rings. The zero-order chi connectivity index (χ0) is 19.7. The first-order chi connectivity index (χ1) is 13.5. The van der Waals surface area contributed by atoms with E-state index in [-0.39, 0.29) is 34.1 Å². The van der Waals surface area contributed by atoms with Crippen molar-refractivity contribution in [1.29, 1.82) is 0 Å². The number of halogens is 1. The van der Waals surface area contributed by atoms with Crippen molar-refractivity contribution < 1.29 is 23.9 Å². The Bertz CT molecular complexity index is 1090. The number of carbonyl (C=O) groups is 1. The lowest BCUT2D eigenvalue weighted by molar-refractivity contribution is 0.103. The first-order valence-electron chi connectivity index (χ1n) is 8.42. The maximum Gasteiger partial charge on any atom is 0.202 e. The van der Waals surface area contributed by atoms with E-state index in [1.807, 2.05) is 0 Å². The normalized spacial score (nSPS) is 10.8. The summed E-state index contributed by atoms with van der Waals surface area (Å²) in [6, 6.07) is 17.8. The summed E-state index contributed by atoms with van der Waals surface area (Å²) in [5.41, 5.74) is 1.27. The molecule has 1 aromatic heterocycles. The van der Waals surface area contributed by atoms with Crippen LogP contribution in [-0.4, -0.2) is 21.2 Å². The molecule has 0 fully saturated rings. The summed E-state index contributed by atoms with van der Waals surface area (Å²) in [5.74, 6) is -0.944. The van der Waals surface area contributed by atoms with Gasteiger partial charge in [0, 0.05) is 11.1 Å². The molecule has 0 aliphatic heterocycles. The Morgan fingerprint density at radius 1 is 0.821 bits per heavy atom. The van der Waals surface area contributed by atoms with Crippen molar-refractivity contribution in [3.63, 3.8) is 0 Å². The van der Waals surface area contributed by atoms with Gasteiger partial charge in [-0.15, -0.1) is 0 Å². The number of phenols is 2. The Morgan fingerprint density at radius 2 is 1.39 bits per heavy atom. The summed E-state index contributed by atoms with van der Waals surface area (Å²) >= 11 is 0. The molecule has 3 aromatic carbocycles. The van der Waals surface area contributed by atoms with Gasteiger partial charge in [0.05, 0.1) is 11.1 Å². The third-order valence-electron chi connectivity index (χ3n) is 4.31. The summed E-state index contributed by atoms with van der Waals surface area (Å²) < 4.78 is 19.7. The first-order valence-corrected chi connectivity index (χ1v) is 8.42. The topological polar surface area (TPSA) is 83.6 Å². The van der Waals surface area contributed by atoms with E-state index in [9.17, 15) is 19.4 Å². The largest absolute Gasteiger partial charge is 0.508 e. The number of rotatable bonds is 4. The van der Waals surface area contributed by atoms with Crippen molar-refractivity contribution in [3.05, 3.63) is 89.7 Å². The minimum atomic E-state index is -0.651. The monoisotopic (exact) mass is 375 g/mol. The Hall–Kier alpha value is -3.93. The van der Waals surface area contributed by atoms with Gasteiger partial charge in [-0.25, -0.2) is 4.39 Å². The molecule has 0 saturated carbocycles. The lowest BCUT2D eigenvalue weighted by Crippen LogP contribution is -2.06. The van der Waals surface area contributed by atoms with Crippen molar-refractivity contribution in [2.75, 3.05) is 0 Å². The van der Waals surface area contributed by atoms with Gasteiger partial charge < -0.3 is 14.7 Å². The van der Waals surface area contributed by atoms with E-state index in [2.05, 4.69) is 5.16 Å². The molecule has 0 bridgehead atoms. The number of hydrogen-bond acceptors (Lipinski definition) is 5. The van der Waals surface area contributed by atoms with Gasteiger partial charge in [-0.05, 0) is 60.7 Å². The van der Waals surface area contributed by atoms with Crippen LogP contribution in [0.15, 0.2) is 77.3 Å². The van der Waals surface area contributed by atoms with Gasteiger partial charge in [0.1, 0.15) is 23.0 Å². The Labute approximate surface area is 159 Å². The lowest BCUT2D eigenvalue weighted by atomic mass is 9.95. The molecule has 28 heavy (non-hydrogen) atoms. The third kappa shape index (κ3) is 3.12. The number of carbonyl (C=O) groups excluding carboxylic acids is 1. The molecule has 1 heterocycles. The highest BCUT2D eigenvalue weighted by molar-refractivity contribution is 6.15. The van der Waals surface area contributed by atoms with Crippen molar-refractivity contribution in [1.82, 2.24) is 5.16 Å². The highest BCUT2D eigenvalue weighted by atomic mass is 19.1. The molecular formula is C22H14FNO4. The van der Waals surface area contributed by atoms with E-state index in [1.54, 1.807) is 30.3 Å². The number of phenolic OH excluding ortho intramolecular Hbond substituents is 2. The van der Waals surface area contributed by atoms with Crippen LogP contribution in [-0.2, 0) is 0 Å². The lowest BCUT2D eigenvalue weighted by Gasteiger charge is -2.06. The van der Waals surface area contributed by atoms with E-state index in [0.29, 0.717) is 11.1 Å². The van der Waals surface area contributed by atoms with Crippen LogP contribution in [0.5, 0.6) is 11.5 Å². The first kappa shape index (κ1) is 17.5. The zero-order valence-corrected chi connectivity index (χ0v) is 14.5. The minimum absolute atomic E-state index is 0.0593. The summed E-state index contributed by atoms with van der Waals surface area (Å²) in [5, 5.41) is 23.1. The van der Waals surface area contributed by atoms with Gasteiger partial charge >= 0.3 is 0 Å². The highest BCUT2D eigenvalue weighted by Gasteiger charge is 2.27. The molecule has 0 aliphatic rings. The molecule has 2 N–H and O–H groups in total. The number of nitrogens with zero attached hydrogens (tertiary/aromatic N) is 1. The van der Waals surface area contributed by atoms with Crippen LogP contribution >= 0.6 is 0 Å². The zero-order valence-electron chi connectivity index (χ0n) is 14.5. The van der Waals surface area contributed by atoms with Gasteiger partial charge in [-0.1, -0.05) is 17.3 Å². The van der Waals surface area contributed by atoms with E-state index in [0.717, 1.165) is 0 Å². The number of benzene rings is 3. The van der Waals surface area contributed by atoms with Crippen molar-refractivity contribution in [3.8, 4) is 34.1 Å². The van der Waals surface area contributed by atoms with Crippen LogP contribution in [0, 0.1) is 5.82 Å². The van der Waals surface area contributed by atoms with Crippen molar-refractivity contribution in [2.24, 2.45) is 0 Å². The molecule has 0 atom stereocenters. The maximum absolute atomic E-state index is 14.3. The molecule has 0 saturated heterocycles. The quantitative estimate of drug-likeness (QED) is 0.501. The molecule has 138 valence electrons. The van der Waals surface area contributed by atoms with E-state index < -0.39 is 11.6 Å². The fraction of sp³-hybridized carbons (Fsp3) is 0. The SMILES string of the molecule is O=C(c1ccccc1F)c1c(-c2ccc(O)cc2)noc1-c1ccc(O)cc1. The molecule has 0 aliphatic carbocycles. The number of hydrogen-bond donors (Lipinski definition) is 2. The molecule has 0 amide bonds. The summed E-state index contributed by atoms with van der Waals surface area (Å²) in [7, 11) is 0. The van der Waals surface area contributed by atoms with Gasteiger partial charge in [0.15, 0.2) is 5.76 Å². The molecule has 4 rings (SSSR count). The number of aromatic nitrogens is 1. The van der Waals surface area contributed by atoms with E-state index in [1.165, 1.54) is 42.5 Å².